The van der Waals surface area contributed by atoms with Crippen molar-refractivity contribution in [3.05, 3.63) is 34.9 Å². The molecule has 0 heterocycles. The topological polar surface area (TPSA) is 20.2 Å². The summed E-state index contributed by atoms with van der Waals surface area (Å²) in [6, 6.07) is 7.79. The van der Waals surface area contributed by atoms with E-state index < -0.39 is 5.60 Å². The molecule has 0 aliphatic heterocycles. The third-order valence-corrected chi connectivity index (χ3v) is 3.68. The summed E-state index contributed by atoms with van der Waals surface area (Å²) in [6.45, 7) is 2.20. The Morgan fingerprint density at radius 3 is 2.80 bits per heavy atom. The highest BCUT2D eigenvalue weighted by molar-refractivity contribution is 6.31. The number of rotatable bonds is 2. The van der Waals surface area contributed by atoms with E-state index >= 15 is 0 Å². The van der Waals surface area contributed by atoms with Gasteiger partial charge < -0.3 is 5.11 Å². The third-order valence-electron chi connectivity index (χ3n) is 3.31. The highest BCUT2D eigenvalue weighted by atomic mass is 35.5. The van der Waals surface area contributed by atoms with E-state index in [1.54, 1.807) is 0 Å². The SMILES string of the molecule is CC1CCC(O)(Cc2ccccc2Cl)C1. The average Bonchev–Trinajstić information content (AvgIpc) is 2.51. The minimum absolute atomic E-state index is 0.523. The normalized spacial score (nSPS) is 30.7. The van der Waals surface area contributed by atoms with Gasteiger partial charge in [-0.05, 0) is 36.8 Å². The molecular weight excluding hydrogens is 208 g/mol. The van der Waals surface area contributed by atoms with E-state index in [0.29, 0.717) is 12.3 Å². The maximum Gasteiger partial charge on any atom is 0.0691 e. The molecule has 0 aromatic heterocycles. The first-order valence-electron chi connectivity index (χ1n) is 5.55. The molecule has 0 radical (unpaired) electrons. The molecule has 1 aliphatic carbocycles. The van der Waals surface area contributed by atoms with Crippen molar-refractivity contribution in [2.24, 2.45) is 5.92 Å². The van der Waals surface area contributed by atoms with Gasteiger partial charge in [-0.1, -0.05) is 36.7 Å². The number of halogens is 1. The van der Waals surface area contributed by atoms with E-state index in [2.05, 4.69) is 6.92 Å². The predicted octanol–water partition coefficient (Wildman–Crippen LogP) is 3.43. The van der Waals surface area contributed by atoms with Gasteiger partial charge in [0, 0.05) is 11.4 Å². The van der Waals surface area contributed by atoms with Crippen LogP contribution in [0, 0.1) is 5.92 Å². The lowest BCUT2D eigenvalue weighted by atomic mass is 9.92. The molecule has 2 unspecified atom stereocenters. The summed E-state index contributed by atoms with van der Waals surface area (Å²) < 4.78 is 0. The zero-order valence-corrected chi connectivity index (χ0v) is 9.80. The Balaban J connectivity index is 2.12. The number of aliphatic hydroxyl groups is 1. The summed E-state index contributed by atoms with van der Waals surface area (Å²) in [4.78, 5) is 0. The van der Waals surface area contributed by atoms with Gasteiger partial charge in [-0.3, -0.25) is 0 Å². The van der Waals surface area contributed by atoms with Crippen LogP contribution < -0.4 is 0 Å². The lowest BCUT2D eigenvalue weighted by Crippen LogP contribution is -2.27. The minimum atomic E-state index is -0.523. The highest BCUT2D eigenvalue weighted by Crippen LogP contribution is 2.37. The first-order valence-corrected chi connectivity index (χ1v) is 5.93. The first-order chi connectivity index (χ1) is 7.09. The van der Waals surface area contributed by atoms with Crippen molar-refractivity contribution in [2.45, 2.75) is 38.2 Å². The lowest BCUT2D eigenvalue weighted by molar-refractivity contribution is 0.0446. The van der Waals surface area contributed by atoms with E-state index in [1.165, 1.54) is 0 Å². The van der Waals surface area contributed by atoms with Crippen molar-refractivity contribution in [2.75, 3.05) is 0 Å². The van der Waals surface area contributed by atoms with Crippen molar-refractivity contribution in [1.29, 1.82) is 0 Å². The van der Waals surface area contributed by atoms with Crippen molar-refractivity contribution < 1.29 is 5.11 Å². The molecule has 1 aliphatic rings. The lowest BCUT2D eigenvalue weighted by Gasteiger charge is -2.23. The Hall–Kier alpha value is -0.530. The monoisotopic (exact) mass is 224 g/mol. The van der Waals surface area contributed by atoms with Crippen LogP contribution in [0.1, 0.15) is 31.7 Å². The van der Waals surface area contributed by atoms with Crippen molar-refractivity contribution in [3.63, 3.8) is 0 Å². The maximum atomic E-state index is 10.4. The fraction of sp³-hybridized carbons (Fsp3) is 0.538. The average molecular weight is 225 g/mol. The van der Waals surface area contributed by atoms with Gasteiger partial charge in [-0.25, -0.2) is 0 Å². The maximum absolute atomic E-state index is 10.4. The quantitative estimate of drug-likeness (QED) is 0.816. The molecule has 1 nitrogen and oxygen atoms in total. The van der Waals surface area contributed by atoms with Crippen LogP contribution in [0.2, 0.25) is 5.02 Å². The van der Waals surface area contributed by atoms with Crippen LogP contribution in [-0.4, -0.2) is 10.7 Å². The molecule has 1 fully saturated rings. The highest BCUT2D eigenvalue weighted by Gasteiger charge is 2.35. The molecule has 1 saturated carbocycles. The summed E-state index contributed by atoms with van der Waals surface area (Å²) in [6.07, 6.45) is 3.62. The first kappa shape index (κ1) is 11.0. The molecule has 1 aromatic rings. The largest absolute Gasteiger partial charge is 0.390 e. The summed E-state index contributed by atoms with van der Waals surface area (Å²) >= 11 is 6.09. The molecule has 2 heteroatoms. The standard InChI is InChI=1S/C13H17ClO/c1-10-6-7-13(15,8-10)9-11-4-2-3-5-12(11)14/h2-5,10,15H,6-9H2,1H3. The Kier molecular flexibility index (Phi) is 3.03. The van der Waals surface area contributed by atoms with Gasteiger partial charge in [0.25, 0.3) is 0 Å². The molecule has 82 valence electrons. The van der Waals surface area contributed by atoms with Crippen LogP contribution in [0.5, 0.6) is 0 Å². The molecule has 2 rings (SSSR count). The van der Waals surface area contributed by atoms with E-state index in [4.69, 9.17) is 11.6 Å². The van der Waals surface area contributed by atoms with Gasteiger partial charge in [0.2, 0.25) is 0 Å². The fourth-order valence-corrected chi connectivity index (χ4v) is 2.73. The van der Waals surface area contributed by atoms with Gasteiger partial charge in [0.1, 0.15) is 0 Å². The van der Waals surface area contributed by atoms with Crippen LogP contribution in [0.4, 0.5) is 0 Å². The van der Waals surface area contributed by atoms with Crippen molar-refractivity contribution in [1.82, 2.24) is 0 Å². The second-order valence-corrected chi connectivity index (χ2v) is 5.25. The number of hydrogen-bond donors (Lipinski definition) is 1. The minimum Gasteiger partial charge on any atom is -0.390 e. The molecular formula is C13H17ClO. The van der Waals surface area contributed by atoms with Gasteiger partial charge in [0.15, 0.2) is 0 Å². The summed E-state index contributed by atoms with van der Waals surface area (Å²) in [5.74, 6) is 0.637. The van der Waals surface area contributed by atoms with Gasteiger partial charge >= 0.3 is 0 Å². The molecule has 1 N–H and O–H groups in total. The van der Waals surface area contributed by atoms with E-state index in [-0.39, 0.29) is 0 Å². The Morgan fingerprint density at radius 1 is 1.47 bits per heavy atom. The fourth-order valence-electron chi connectivity index (χ4n) is 2.52. The Labute approximate surface area is 96.1 Å². The molecule has 0 spiro atoms. The smallest absolute Gasteiger partial charge is 0.0691 e. The Bertz CT molecular complexity index is 350. The molecule has 0 saturated heterocycles. The number of benzene rings is 1. The molecule has 0 amide bonds. The van der Waals surface area contributed by atoms with Crippen molar-refractivity contribution in [3.8, 4) is 0 Å². The van der Waals surface area contributed by atoms with E-state index in [1.807, 2.05) is 24.3 Å². The predicted molar refractivity (Wildman–Crippen MR) is 63.1 cm³/mol. The second kappa shape index (κ2) is 4.15. The third kappa shape index (κ3) is 2.53. The summed E-state index contributed by atoms with van der Waals surface area (Å²) in [7, 11) is 0. The summed E-state index contributed by atoms with van der Waals surface area (Å²) in [5.41, 5.74) is 0.542. The molecule has 2 atom stereocenters. The van der Waals surface area contributed by atoms with Crippen LogP contribution >= 0.6 is 11.6 Å². The summed E-state index contributed by atoms with van der Waals surface area (Å²) in [5, 5.41) is 11.1. The van der Waals surface area contributed by atoms with Crippen LogP contribution in [0.25, 0.3) is 0 Å². The van der Waals surface area contributed by atoms with Gasteiger partial charge in [0.05, 0.1) is 5.60 Å². The molecule has 0 bridgehead atoms. The zero-order chi connectivity index (χ0) is 10.9. The van der Waals surface area contributed by atoms with Crippen molar-refractivity contribution >= 4 is 11.6 Å². The van der Waals surface area contributed by atoms with Crippen LogP contribution in [-0.2, 0) is 6.42 Å². The van der Waals surface area contributed by atoms with Gasteiger partial charge in [-0.15, -0.1) is 0 Å². The van der Waals surface area contributed by atoms with Crippen LogP contribution in [0.3, 0.4) is 0 Å². The zero-order valence-electron chi connectivity index (χ0n) is 9.04. The Morgan fingerprint density at radius 2 is 2.20 bits per heavy atom. The number of hydrogen-bond acceptors (Lipinski definition) is 1. The van der Waals surface area contributed by atoms with E-state index in [9.17, 15) is 5.11 Å². The molecule has 15 heavy (non-hydrogen) atoms. The second-order valence-electron chi connectivity index (χ2n) is 4.84. The van der Waals surface area contributed by atoms with Crippen LogP contribution in [0.15, 0.2) is 24.3 Å². The van der Waals surface area contributed by atoms with E-state index in [0.717, 1.165) is 29.8 Å². The molecule has 1 aromatic carbocycles. The van der Waals surface area contributed by atoms with Gasteiger partial charge in [-0.2, -0.15) is 0 Å².